The van der Waals surface area contributed by atoms with E-state index in [0.29, 0.717) is 0 Å². The lowest BCUT2D eigenvalue weighted by Crippen LogP contribution is -2.45. The molecule has 4 rings (SSSR count). The van der Waals surface area contributed by atoms with Crippen LogP contribution >= 0.6 is 11.3 Å². The van der Waals surface area contributed by atoms with Crippen LogP contribution in [-0.4, -0.2) is 71.4 Å². The van der Waals surface area contributed by atoms with Crippen molar-refractivity contribution in [1.29, 1.82) is 0 Å². The first-order valence-electron chi connectivity index (χ1n) is 11.6. The molecule has 2 saturated heterocycles. The number of nitrogens with zero attached hydrogens (tertiary/aromatic N) is 4. The zero-order chi connectivity index (χ0) is 21.6. The second-order valence-electron chi connectivity index (χ2n) is 8.80. The van der Waals surface area contributed by atoms with E-state index in [4.69, 9.17) is 0 Å². The number of hydrogen-bond donors (Lipinski definition) is 1. The summed E-state index contributed by atoms with van der Waals surface area (Å²) < 4.78 is 0. The number of aryl methyl sites for hydroxylation is 1. The Morgan fingerprint density at radius 3 is 2.26 bits per heavy atom. The van der Waals surface area contributed by atoms with Crippen LogP contribution in [0, 0.1) is 12.8 Å². The Balaban J connectivity index is 1.20. The number of aromatic nitrogens is 1. The average Bonchev–Trinajstić information content (AvgIpc) is 3.20. The molecule has 1 aromatic heterocycles. The minimum absolute atomic E-state index is 0.1000. The molecule has 0 spiro atoms. The Hall–Kier alpha value is -1.80. The van der Waals surface area contributed by atoms with Gasteiger partial charge in [0.2, 0.25) is 5.91 Å². The molecule has 168 valence electrons. The smallest absolute Gasteiger partial charge is 0.227 e. The van der Waals surface area contributed by atoms with Crippen LogP contribution in [0.3, 0.4) is 0 Å². The summed E-state index contributed by atoms with van der Waals surface area (Å²) in [6.07, 6.45) is 1.83. The quantitative estimate of drug-likeness (QED) is 0.713. The van der Waals surface area contributed by atoms with Gasteiger partial charge in [0.15, 0.2) is 0 Å². The molecular formula is C24H35N5OS. The van der Waals surface area contributed by atoms with Gasteiger partial charge in [-0.1, -0.05) is 19.1 Å². The van der Waals surface area contributed by atoms with Crippen molar-refractivity contribution in [2.24, 2.45) is 5.92 Å². The highest BCUT2D eigenvalue weighted by atomic mass is 32.1. The molecular weight excluding hydrogens is 406 g/mol. The average molecular weight is 442 g/mol. The largest absolute Gasteiger partial charge is 0.326 e. The topological polar surface area (TPSA) is 51.7 Å². The van der Waals surface area contributed by atoms with Crippen LogP contribution in [0.25, 0.3) is 0 Å². The highest BCUT2D eigenvalue weighted by Crippen LogP contribution is 2.22. The van der Waals surface area contributed by atoms with Crippen LogP contribution in [0.15, 0.2) is 29.6 Å². The third kappa shape index (κ3) is 6.35. The fourth-order valence-electron chi connectivity index (χ4n) is 4.52. The molecule has 6 nitrogen and oxygen atoms in total. The normalized spacial score (nSPS) is 19.5. The molecule has 0 atom stereocenters. The van der Waals surface area contributed by atoms with Gasteiger partial charge in [0.1, 0.15) is 0 Å². The summed E-state index contributed by atoms with van der Waals surface area (Å²) in [7, 11) is 0. The van der Waals surface area contributed by atoms with Crippen LogP contribution in [-0.2, 0) is 17.9 Å². The lowest BCUT2D eigenvalue weighted by Gasteiger charge is -2.34. The zero-order valence-electron chi connectivity index (χ0n) is 18.8. The third-order valence-electron chi connectivity index (χ3n) is 6.55. The first kappa shape index (κ1) is 22.4. The van der Waals surface area contributed by atoms with Gasteiger partial charge in [-0.05, 0) is 57.1 Å². The van der Waals surface area contributed by atoms with Crippen molar-refractivity contribution in [3.05, 3.63) is 45.9 Å². The number of piperidine rings is 1. The third-order valence-corrected chi connectivity index (χ3v) is 7.37. The molecule has 2 aromatic rings. The van der Waals surface area contributed by atoms with Gasteiger partial charge >= 0.3 is 0 Å². The van der Waals surface area contributed by atoms with Crippen molar-refractivity contribution in [2.45, 2.75) is 39.8 Å². The summed E-state index contributed by atoms with van der Waals surface area (Å²) in [6.45, 7) is 13.8. The Kier molecular flexibility index (Phi) is 7.72. The minimum atomic E-state index is 0.1000. The maximum atomic E-state index is 12.7. The van der Waals surface area contributed by atoms with Crippen LogP contribution in [0.5, 0.6) is 0 Å². The SMILES string of the molecule is CCN1CCN(Cc2ccc(NC(=O)C3CCN(Cc4csc(C)n4)CC3)cc2)CC1. The van der Waals surface area contributed by atoms with Gasteiger partial charge in [-0.25, -0.2) is 4.98 Å². The Labute approximate surface area is 190 Å². The van der Waals surface area contributed by atoms with Crippen molar-refractivity contribution in [3.8, 4) is 0 Å². The summed E-state index contributed by atoms with van der Waals surface area (Å²) >= 11 is 1.70. The molecule has 1 aromatic carbocycles. The maximum Gasteiger partial charge on any atom is 0.227 e. The number of carbonyl (C=O) groups is 1. The molecule has 0 saturated carbocycles. The van der Waals surface area contributed by atoms with Gasteiger partial charge in [0, 0.05) is 56.3 Å². The molecule has 7 heteroatoms. The van der Waals surface area contributed by atoms with Crippen molar-refractivity contribution in [2.75, 3.05) is 51.1 Å². The van der Waals surface area contributed by atoms with Crippen molar-refractivity contribution >= 4 is 22.9 Å². The summed E-state index contributed by atoms with van der Waals surface area (Å²) in [5.41, 5.74) is 3.37. The number of anilines is 1. The van der Waals surface area contributed by atoms with Gasteiger partial charge in [0.25, 0.3) is 0 Å². The second-order valence-corrected chi connectivity index (χ2v) is 9.87. The van der Waals surface area contributed by atoms with E-state index in [1.165, 1.54) is 5.56 Å². The van der Waals surface area contributed by atoms with Gasteiger partial charge in [-0.15, -0.1) is 11.3 Å². The van der Waals surface area contributed by atoms with Crippen molar-refractivity contribution in [1.82, 2.24) is 19.7 Å². The number of likely N-dealkylation sites (N-methyl/N-ethyl adjacent to an activating group) is 1. The molecule has 0 unspecified atom stereocenters. The number of rotatable bonds is 7. The molecule has 0 radical (unpaired) electrons. The van der Waals surface area contributed by atoms with Crippen LogP contribution in [0.4, 0.5) is 5.69 Å². The molecule has 2 fully saturated rings. The van der Waals surface area contributed by atoms with E-state index < -0.39 is 0 Å². The Morgan fingerprint density at radius 1 is 1.00 bits per heavy atom. The standard InChI is InChI=1S/C24H35N5OS/c1-3-27-12-14-29(15-13-27)16-20-4-6-22(7-5-20)26-24(30)21-8-10-28(11-9-21)17-23-18-31-19(2)25-23/h4-7,18,21H,3,8-17H2,1-2H3,(H,26,30). The van der Waals surface area contributed by atoms with E-state index in [9.17, 15) is 4.79 Å². The fourth-order valence-corrected chi connectivity index (χ4v) is 5.13. The van der Waals surface area contributed by atoms with Gasteiger partial charge < -0.3 is 10.2 Å². The highest BCUT2D eigenvalue weighted by Gasteiger charge is 2.25. The Bertz CT molecular complexity index is 836. The van der Waals surface area contributed by atoms with Crippen LogP contribution in [0.2, 0.25) is 0 Å². The number of benzene rings is 1. The molecule has 0 bridgehead atoms. The minimum Gasteiger partial charge on any atom is -0.326 e. The van der Waals surface area contributed by atoms with Crippen molar-refractivity contribution in [3.63, 3.8) is 0 Å². The van der Waals surface area contributed by atoms with E-state index in [2.05, 4.69) is 61.6 Å². The van der Waals surface area contributed by atoms with E-state index in [1.54, 1.807) is 11.3 Å². The van der Waals surface area contributed by atoms with E-state index in [0.717, 1.165) is 88.1 Å². The van der Waals surface area contributed by atoms with Crippen LogP contribution < -0.4 is 5.32 Å². The summed E-state index contributed by atoms with van der Waals surface area (Å²) in [5, 5.41) is 6.40. The van der Waals surface area contributed by atoms with Gasteiger partial charge in [0.05, 0.1) is 10.7 Å². The monoisotopic (exact) mass is 441 g/mol. The lowest BCUT2D eigenvalue weighted by atomic mass is 9.95. The maximum absolute atomic E-state index is 12.7. The van der Waals surface area contributed by atoms with Crippen molar-refractivity contribution < 1.29 is 4.79 Å². The molecule has 3 heterocycles. The number of amides is 1. The molecule has 1 N–H and O–H groups in total. The van der Waals surface area contributed by atoms with E-state index in [1.807, 2.05) is 6.92 Å². The fraction of sp³-hybridized carbons (Fsp3) is 0.583. The first-order chi connectivity index (χ1) is 15.1. The second kappa shape index (κ2) is 10.7. The van der Waals surface area contributed by atoms with E-state index >= 15 is 0 Å². The molecule has 31 heavy (non-hydrogen) atoms. The first-order valence-corrected chi connectivity index (χ1v) is 12.4. The summed E-state index contributed by atoms with van der Waals surface area (Å²) in [4.78, 5) is 24.7. The molecule has 2 aliphatic heterocycles. The molecule has 2 aliphatic rings. The summed E-state index contributed by atoms with van der Waals surface area (Å²) in [6, 6.07) is 8.41. The number of likely N-dealkylation sites (tertiary alicyclic amines) is 1. The number of carbonyl (C=O) groups excluding carboxylic acids is 1. The van der Waals surface area contributed by atoms with Gasteiger partial charge in [-0.3, -0.25) is 14.6 Å². The predicted molar refractivity (Wildman–Crippen MR) is 127 cm³/mol. The van der Waals surface area contributed by atoms with Gasteiger partial charge in [-0.2, -0.15) is 0 Å². The zero-order valence-corrected chi connectivity index (χ0v) is 19.7. The number of hydrogen-bond acceptors (Lipinski definition) is 6. The molecule has 0 aliphatic carbocycles. The lowest BCUT2D eigenvalue weighted by molar-refractivity contribution is -0.121. The Morgan fingerprint density at radius 2 is 1.65 bits per heavy atom. The van der Waals surface area contributed by atoms with E-state index in [-0.39, 0.29) is 11.8 Å². The number of nitrogens with one attached hydrogen (secondary N) is 1. The highest BCUT2D eigenvalue weighted by molar-refractivity contribution is 7.09. The molecule has 1 amide bonds. The van der Waals surface area contributed by atoms with Crippen LogP contribution in [0.1, 0.15) is 36.0 Å². The number of piperazine rings is 1. The summed E-state index contributed by atoms with van der Waals surface area (Å²) in [5.74, 6) is 0.260. The predicted octanol–water partition coefficient (Wildman–Crippen LogP) is 3.44. The number of thiazole rings is 1.